The van der Waals surface area contributed by atoms with Crippen LogP contribution in [0, 0.1) is 0 Å². The number of rotatable bonds is 49. The van der Waals surface area contributed by atoms with Gasteiger partial charge in [0.15, 0.2) is 18.9 Å². The third kappa shape index (κ3) is 35.6. The van der Waals surface area contributed by atoms with Crippen LogP contribution in [-0.4, -0.2) is 414 Å². The lowest BCUT2D eigenvalue weighted by Gasteiger charge is -2.45. The van der Waals surface area contributed by atoms with Gasteiger partial charge in [-0.3, -0.25) is 29.2 Å². The fraction of sp³-hybridized carbons (Fsp3) is 0.897. The zero-order valence-corrected chi connectivity index (χ0v) is 59.4. The molecular weight excluding hydrogens is 1400 g/mol. The summed E-state index contributed by atoms with van der Waals surface area (Å²) in [4.78, 5) is 77.1. The number of aliphatic hydroxyl groups is 10. The van der Waals surface area contributed by atoms with Crippen LogP contribution in [-0.2, 0) is 85.7 Å². The molecule has 0 radical (unpaired) electrons. The maximum atomic E-state index is 12.7. The van der Waals surface area contributed by atoms with Gasteiger partial charge in [0, 0.05) is 97.1 Å². The second-order valence-corrected chi connectivity index (χ2v) is 27.6. The Morgan fingerprint density at radius 3 is 1.58 bits per heavy atom. The molecule has 37 nitrogen and oxygen atoms in total. The number of amidine groups is 1. The molecule has 4 aliphatic rings. The van der Waals surface area contributed by atoms with Crippen LogP contribution in [0.25, 0.3) is 0 Å². The van der Waals surface area contributed by atoms with E-state index in [0.717, 1.165) is 17.5 Å². The molecule has 4 saturated heterocycles. The van der Waals surface area contributed by atoms with E-state index in [1.54, 1.807) is 35.5 Å². The first-order chi connectivity index (χ1) is 47.4. The number of carbonyl (C=O) groups excluding carboxylic acids is 5. The molecule has 4 heterocycles. The van der Waals surface area contributed by atoms with Crippen molar-refractivity contribution >= 4 is 83.0 Å². The standard InChI is InChI=1S/C56H105N7O26S4.2CO2/c1-61(12-13-62(2)27-39(66)67)14-15-63(28-40(68)69)26-38(65)60-11-25-92-22-6-16-81-50-47(76)44(73)36(87-53(50)80-4)31-85-55-52(83-17-5-20-90-23-9-57)46(75)41(70)33(86-55)8-19-84-54-51(48(77)43(72)35(88-54)30-79-3)82-18-7-21-91-24-10-59-37(58)32-93-56-49(78)45(74)42(71)34(29-64)89-56;2*2-1-3/h33-36,41-56,64,70-78H,5-32,57H2,1-4H3,(H2,58,59)(H,60,65)(H,66,67)(H,68,69);;/t33?,34?,35?,36?,41-,42-,43-,44-,45?,46+,47+,48+,49-,50?,51?,52?,53+,54+,55+,56-;;/m1../s1. The number of nitrogens with zero attached hydrogens (tertiary/aromatic N) is 4. The lowest BCUT2D eigenvalue weighted by molar-refractivity contribution is -0.337. The Labute approximate surface area is 591 Å². The molecule has 0 aliphatic carbocycles. The second-order valence-electron chi connectivity index (χ2n) is 22.9. The summed E-state index contributed by atoms with van der Waals surface area (Å²) in [6.07, 6.45) is -22.9. The van der Waals surface area contributed by atoms with Gasteiger partial charge in [0.2, 0.25) is 5.91 Å². The topological polar surface area (TPSA) is 550 Å². The van der Waals surface area contributed by atoms with E-state index in [2.05, 4.69) is 10.3 Å². The van der Waals surface area contributed by atoms with Crippen LogP contribution in [0.4, 0.5) is 0 Å². The van der Waals surface area contributed by atoms with Gasteiger partial charge in [0.1, 0.15) is 103 Å². The normalized spacial score (nSPS) is 30.2. The first-order valence-corrected chi connectivity index (χ1v) is 36.5. The van der Waals surface area contributed by atoms with Crippen LogP contribution in [0.2, 0.25) is 0 Å². The lowest BCUT2D eigenvalue weighted by atomic mass is 9.96. The minimum Gasteiger partial charge on any atom is -0.480 e. The zero-order chi connectivity index (χ0) is 73.8. The maximum Gasteiger partial charge on any atom is 0.373 e. The van der Waals surface area contributed by atoms with Gasteiger partial charge in [-0.2, -0.15) is 54.5 Å². The van der Waals surface area contributed by atoms with Crippen LogP contribution in [0.3, 0.4) is 0 Å². The SMILES string of the molecule is COCC1O[C@H](OCCC2O[C@H](OCC3O[C@H](OC)C(OCCCSCCNC(=O)CN(CCN(C)CCN(C)CC(=O)O)CC(=O)O)[C@@H](O)[C@@H]3O)C(OCCCSCCN)[C@@H](O)[C@@H]2O)C(OCCCSCCN=C(N)CS[C@H]2OC(CO)[C@@H](O)C(O)[C@H]2O)[C@@H](O)[C@@H]1O.O=C=O.O=C=O. The minimum atomic E-state index is -1.55. The number of amides is 1. The van der Waals surface area contributed by atoms with Crippen molar-refractivity contribution in [1.29, 1.82) is 0 Å². The number of nitrogens with one attached hydrogen (secondary N) is 1. The fourth-order valence-electron chi connectivity index (χ4n) is 10.1. The van der Waals surface area contributed by atoms with E-state index in [-0.39, 0.29) is 88.9 Å². The van der Waals surface area contributed by atoms with Crippen molar-refractivity contribution in [3.8, 4) is 0 Å². The molecule has 0 aromatic rings. The molecule has 576 valence electrons. The van der Waals surface area contributed by atoms with Crippen molar-refractivity contribution in [2.45, 2.75) is 148 Å². The first-order valence-electron chi connectivity index (χ1n) is 31.9. The monoisotopic (exact) mass is 1510 g/mol. The molecule has 17 N–H and O–H groups in total. The van der Waals surface area contributed by atoms with Gasteiger partial charge in [0.05, 0.1) is 57.9 Å². The van der Waals surface area contributed by atoms with E-state index in [1.165, 1.54) is 30.9 Å². The molecule has 4 fully saturated rings. The number of hydrogen-bond acceptors (Lipinski definition) is 37. The van der Waals surface area contributed by atoms with Crippen molar-refractivity contribution in [2.24, 2.45) is 16.5 Å². The Hall–Kier alpha value is -2.96. The summed E-state index contributed by atoms with van der Waals surface area (Å²) in [6.45, 7) is 1.71. The number of ether oxygens (including phenoxy) is 11. The average molecular weight is 1510 g/mol. The third-order valence-electron chi connectivity index (χ3n) is 15.3. The highest BCUT2D eigenvalue weighted by Crippen LogP contribution is 2.32. The number of aliphatic imine (C=N–C) groups is 1. The largest absolute Gasteiger partial charge is 0.480 e. The number of nitrogens with two attached hydrogens (primary N) is 2. The molecule has 41 heteroatoms. The van der Waals surface area contributed by atoms with Crippen LogP contribution >= 0.6 is 47.0 Å². The van der Waals surface area contributed by atoms with Crippen LogP contribution < -0.4 is 16.8 Å². The summed E-state index contributed by atoms with van der Waals surface area (Å²) in [5.74, 6) is 1.90. The van der Waals surface area contributed by atoms with Gasteiger partial charge in [-0.1, -0.05) is 0 Å². The molecule has 0 spiro atoms. The van der Waals surface area contributed by atoms with Crippen molar-refractivity contribution in [3.63, 3.8) is 0 Å². The molecule has 0 saturated carbocycles. The molecule has 4 aliphatic heterocycles. The molecule has 1 amide bonds. The Morgan fingerprint density at radius 1 is 0.545 bits per heavy atom. The Balaban J connectivity index is 0.00000535. The zero-order valence-electron chi connectivity index (χ0n) is 56.1. The third-order valence-corrected chi connectivity index (χ3v) is 19.7. The van der Waals surface area contributed by atoms with E-state index in [4.69, 9.17) is 87.9 Å². The number of carboxylic acid groups (broad SMARTS) is 2. The molecule has 0 aromatic carbocycles. The summed E-state index contributed by atoms with van der Waals surface area (Å²) in [7, 11) is 6.28. The maximum absolute atomic E-state index is 12.7. The van der Waals surface area contributed by atoms with E-state index < -0.39 is 147 Å². The van der Waals surface area contributed by atoms with Gasteiger partial charge < -0.3 is 135 Å². The number of aliphatic hydroxyl groups excluding tert-OH is 10. The summed E-state index contributed by atoms with van der Waals surface area (Å²) in [5, 5.41) is 129. The molecule has 4 rings (SSSR count). The van der Waals surface area contributed by atoms with Gasteiger partial charge in [-0.05, 0) is 57.0 Å². The quantitative estimate of drug-likeness (QED) is 0.0153. The Morgan fingerprint density at radius 2 is 1.03 bits per heavy atom. The molecular formula is C58H105N7O30S4. The van der Waals surface area contributed by atoms with E-state index in [9.17, 15) is 70.6 Å². The number of likely N-dealkylation sites (N-methyl/N-ethyl adjacent to an activating group) is 2. The van der Waals surface area contributed by atoms with Crippen LogP contribution in [0.5, 0.6) is 0 Å². The van der Waals surface area contributed by atoms with Gasteiger partial charge in [-0.25, -0.2) is 0 Å². The van der Waals surface area contributed by atoms with Gasteiger partial charge in [-0.15, -0.1) is 11.8 Å². The fourth-order valence-corrected chi connectivity index (χ4v) is 13.3. The van der Waals surface area contributed by atoms with E-state index >= 15 is 0 Å². The minimum absolute atomic E-state index is 0.0630. The lowest BCUT2D eigenvalue weighted by Crippen LogP contribution is -2.62. The molecule has 20 atom stereocenters. The van der Waals surface area contributed by atoms with Crippen LogP contribution in [0.1, 0.15) is 25.7 Å². The van der Waals surface area contributed by atoms with E-state index in [1.807, 2.05) is 11.9 Å². The summed E-state index contributed by atoms with van der Waals surface area (Å²) < 4.78 is 65.1. The van der Waals surface area contributed by atoms with Crippen LogP contribution in [0.15, 0.2) is 4.99 Å². The average Bonchev–Trinajstić information content (AvgIpc) is 0.819. The summed E-state index contributed by atoms with van der Waals surface area (Å²) in [5.41, 5.74) is 10.8. The summed E-state index contributed by atoms with van der Waals surface area (Å²) in [6, 6.07) is 0. The first kappa shape index (κ1) is 92.1. The number of thioether (sulfide) groups is 4. The highest BCUT2D eigenvalue weighted by molar-refractivity contribution is 8.00. The Kier molecular flexibility index (Phi) is 50.0. The van der Waals surface area contributed by atoms with Gasteiger partial charge >= 0.3 is 24.2 Å². The predicted molar refractivity (Wildman–Crippen MR) is 354 cm³/mol. The van der Waals surface area contributed by atoms with Crippen molar-refractivity contribution in [1.82, 2.24) is 20.0 Å². The Bertz CT molecular complexity index is 2270. The van der Waals surface area contributed by atoms with Gasteiger partial charge in [0.25, 0.3) is 0 Å². The van der Waals surface area contributed by atoms with Crippen molar-refractivity contribution in [2.75, 3.05) is 180 Å². The number of hydrogen-bond donors (Lipinski definition) is 15. The second kappa shape index (κ2) is 53.8. The van der Waals surface area contributed by atoms with E-state index in [0.29, 0.717) is 93.8 Å². The smallest absolute Gasteiger partial charge is 0.373 e. The van der Waals surface area contributed by atoms with Crippen molar-refractivity contribution in [3.05, 3.63) is 0 Å². The highest BCUT2D eigenvalue weighted by Gasteiger charge is 2.51. The predicted octanol–water partition coefficient (Wildman–Crippen LogP) is -7.30. The summed E-state index contributed by atoms with van der Waals surface area (Å²) >= 11 is 5.79. The number of carboxylic acids is 2. The van der Waals surface area contributed by atoms with Crippen molar-refractivity contribution < 1.29 is 147 Å². The highest BCUT2D eigenvalue weighted by atomic mass is 32.2. The molecule has 0 bridgehead atoms. The molecule has 99 heavy (non-hydrogen) atoms. The number of methoxy groups -OCH3 is 2. The molecule has 8 unspecified atom stereocenters. The number of aliphatic carboxylic acids is 2. The molecule has 0 aromatic heterocycles. The number of carbonyl (C=O) groups is 3.